The topological polar surface area (TPSA) is 186 Å². The van der Waals surface area contributed by atoms with Crippen molar-refractivity contribution in [3.63, 3.8) is 0 Å². The summed E-state index contributed by atoms with van der Waals surface area (Å²) in [7, 11) is 0. The van der Waals surface area contributed by atoms with E-state index in [1.54, 1.807) is 30.8 Å². The van der Waals surface area contributed by atoms with Gasteiger partial charge in [-0.2, -0.15) is 4.98 Å². The summed E-state index contributed by atoms with van der Waals surface area (Å²) in [6.07, 6.45) is 4.99. The lowest BCUT2D eigenvalue weighted by molar-refractivity contribution is -0.150. The maximum Gasteiger partial charge on any atom is 0.352 e. The number of carboxylic acid groups (broad SMARTS) is 1. The molecule has 2 aromatic heterocycles. The quantitative estimate of drug-likeness (QED) is 0.184. The van der Waals surface area contributed by atoms with E-state index in [1.807, 2.05) is 12.1 Å². The Kier molecular flexibility index (Phi) is 7.36. The SMILES string of the molecule is CCON=C(C(=O)N[C@@H]1C(=O)N2C(C(=O)O)=C(C=CSc3ccncc3)CS[C@H]12)c1noc(N)n1. The van der Waals surface area contributed by atoms with Crippen molar-refractivity contribution in [3.05, 3.63) is 53.1 Å². The molecule has 4 rings (SSSR count). The van der Waals surface area contributed by atoms with E-state index in [0.717, 1.165) is 4.90 Å². The van der Waals surface area contributed by atoms with Gasteiger partial charge in [-0.1, -0.05) is 22.1 Å². The van der Waals surface area contributed by atoms with Crippen LogP contribution in [0.15, 0.2) is 61.9 Å². The molecule has 2 atom stereocenters. The van der Waals surface area contributed by atoms with Crippen LogP contribution in [0.1, 0.15) is 12.7 Å². The summed E-state index contributed by atoms with van der Waals surface area (Å²) in [6.45, 7) is 1.83. The molecule has 0 saturated carbocycles. The van der Waals surface area contributed by atoms with Gasteiger partial charge >= 0.3 is 12.0 Å². The molecule has 0 aromatic carbocycles. The minimum Gasteiger partial charge on any atom is -0.477 e. The van der Waals surface area contributed by atoms with Crippen LogP contribution in [-0.4, -0.2) is 72.4 Å². The molecule has 2 aliphatic rings. The van der Waals surface area contributed by atoms with Crippen molar-refractivity contribution in [1.82, 2.24) is 25.3 Å². The smallest absolute Gasteiger partial charge is 0.352 e. The highest BCUT2D eigenvalue weighted by Gasteiger charge is 2.54. The highest BCUT2D eigenvalue weighted by Crippen LogP contribution is 2.41. The van der Waals surface area contributed by atoms with Crippen LogP contribution in [0, 0.1) is 0 Å². The van der Waals surface area contributed by atoms with Crippen LogP contribution in [0.25, 0.3) is 0 Å². The number of oxime groups is 1. The highest BCUT2D eigenvalue weighted by molar-refractivity contribution is 8.02. The number of aromatic nitrogens is 3. The van der Waals surface area contributed by atoms with Gasteiger partial charge in [0.25, 0.3) is 11.8 Å². The van der Waals surface area contributed by atoms with Gasteiger partial charge in [-0.3, -0.25) is 19.5 Å². The molecule has 0 radical (unpaired) electrons. The van der Waals surface area contributed by atoms with Crippen molar-refractivity contribution in [1.29, 1.82) is 0 Å². The van der Waals surface area contributed by atoms with E-state index in [0.29, 0.717) is 11.3 Å². The van der Waals surface area contributed by atoms with Crippen LogP contribution in [0.3, 0.4) is 0 Å². The first-order chi connectivity index (χ1) is 16.9. The lowest BCUT2D eigenvalue weighted by Gasteiger charge is -2.49. The Bertz CT molecular complexity index is 1230. The van der Waals surface area contributed by atoms with Gasteiger partial charge in [-0.25, -0.2) is 4.79 Å². The summed E-state index contributed by atoms with van der Waals surface area (Å²) in [5.41, 5.74) is 5.45. The first-order valence-electron chi connectivity index (χ1n) is 10.2. The zero-order valence-corrected chi connectivity index (χ0v) is 19.8. The summed E-state index contributed by atoms with van der Waals surface area (Å²) in [5.74, 6) is -2.47. The number of carboxylic acids is 1. The third-order valence-corrected chi connectivity index (χ3v) is 6.88. The van der Waals surface area contributed by atoms with Gasteiger partial charge < -0.3 is 25.5 Å². The predicted molar refractivity (Wildman–Crippen MR) is 126 cm³/mol. The fraction of sp³-hybridized carbons (Fsp3) is 0.250. The Morgan fingerprint density at radius 1 is 1.46 bits per heavy atom. The number of nitrogen functional groups attached to an aromatic ring is 1. The molecule has 35 heavy (non-hydrogen) atoms. The first kappa shape index (κ1) is 24.3. The number of thioether (sulfide) groups is 2. The molecule has 2 amide bonds. The van der Waals surface area contributed by atoms with Crippen molar-refractivity contribution >= 4 is 53.0 Å². The molecule has 4 N–H and O–H groups in total. The Morgan fingerprint density at radius 2 is 2.23 bits per heavy atom. The molecule has 0 bridgehead atoms. The molecule has 0 unspecified atom stereocenters. The summed E-state index contributed by atoms with van der Waals surface area (Å²) in [5, 5.41) is 20.8. The summed E-state index contributed by atoms with van der Waals surface area (Å²) in [6, 6.07) is 2.40. The van der Waals surface area contributed by atoms with E-state index in [-0.39, 0.29) is 29.9 Å². The number of anilines is 1. The van der Waals surface area contributed by atoms with Gasteiger partial charge in [0.2, 0.25) is 11.5 Å². The number of nitrogens with one attached hydrogen (secondary N) is 1. The van der Waals surface area contributed by atoms with Crippen molar-refractivity contribution in [3.8, 4) is 0 Å². The fourth-order valence-electron chi connectivity index (χ4n) is 3.24. The second kappa shape index (κ2) is 10.6. The molecule has 0 spiro atoms. The highest BCUT2D eigenvalue weighted by atomic mass is 32.2. The molecule has 2 aromatic rings. The number of nitrogens with zero attached hydrogens (tertiary/aromatic N) is 5. The van der Waals surface area contributed by atoms with Gasteiger partial charge in [-0.05, 0) is 36.1 Å². The van der Waals surface area contributed by atoms with E-state index < -0.39 is 29.2 Å². The van der Waals surface area contributed by atoms with E-state index >= 15 is 0 Å². The fourth-order valence-corrected chi connectivity index (χ4v) is 5.22. The maximum absolute atomic E-state index is 12.9. The van der Waals surface area contributed by atoms with Gasteiger partial charge in [0.15, 0.2) is 0 Å². The van der Waals surface area contributed by atoms with Crippen LogP contribution >= 0.6 is 23.5 Å². The second-order valence-electron chi connectivity index (χ2n) is 6.96. The summed E-state index contributed by atoms with van der Waals surface area (Å²) in [4.78, 5) is 52.5. The average molecular weight is 518 g/mol. The van der Waals surface area contributed by atoms with E-state index in [4.69, 9.17) is 10.6 Å². The average Bonchev–Trinajstić information content (AvgIpc) is 3.28. The van der Waals surface area contributed by atoms with Crippen molar-refractivity contribution in [2.75, 3.05) is 18.1 Å². The number of pyridine rings is 1. The van der Waals surface area contributed by atoms with Crippen molar-refractivity contribution in [2.24, 2.45) is 5.16 Å². The molecule has 2 aliphatic heterocycles. The Hall–Kier alpha value is -3.85. The molecule has 182 valence electrons. The Labute approximate surface area is 206 Å². The van der Waals surface area contributed by atoms with Crippen molar-refractivity contribution in [2.45, 2.75) is 23.2 Å². The van der Waals surface area contributed by atoms with Gasteiger partial charge in [0.1, 0.15) is 23.7 Å². The van der Waals surface area contributed by atoms with Crippen LogP contribution in [0.5, 0.6) is 0 Å². The Balaban J connectivity index is 1.49. The number of rotatable bonds is 9. The maximum atomic E-state index is 12.9. The number of amides is 2. The minimum atomic E-state index is -1.23. The number of fused-ring (bicyclic) bond motifs is 1. The predicted octanol–water partition coefficient (Wildman–Crippen LogP) is 0.832. The summed E-state index contributed by atoms with van der Waals surface area (Å²) >= 11 is 2.73. The number of β-lactam (4-membered cyclic amide) rings is 1. The molecule has 15 heteroatoms. The second-order valence-corrected chi connectivity index (χ2v) is 9.04. The normalized spacial score (nSPS) is 20.0. The largest absolute Gasteiger partial charge is 0.477 e. The number of carbonyl (C=O) groups excluding carboxylic acids is 2. The molecule has 1 fully saturated rings. The summed E-state index contributed by atoms with van der Waals surface area (Å²) < 4.78 is 4.68. The van der Waals surface area contributed by atoms with Crippen LogP contribution in [-0.2, 0) is 19.2 Å². The lowest BCUT2D eigenvalue weighted by atomic mass is 10.0. The van der Waals surface area contributed by atoms with E-state index in [9.17, 15) is 19.5 Å². The van der Waals surface area contributed by atoms with Crippen LogP contribution < -0.4 is 11.1 Å². The monoisotopic (exact) mass is 517 g/mol. The minimum absolute atomic E-state index is 0.120. The third kappa shape index (κ3) is 5.14. The number of aliphatic carboxylic acids is 1. The standard InChI is InChI=1S/C20H19N7O6S2/c1-2-32-25-12(15-24-20(21)33-26-15)16(28)23-13-17(29)27-14(19(30)31)10(9-35-18(13)27)5-8-34-11-3-6-22-7-4-11/h3-8,13,18H,2,9H2,1H3,(H,23,28)(H,30,31)(H2,21,24,26)/t13-,18-/m1/s1. The molecular formula is C20H19N7O6S2. The number of allylic oxidation sites excluding steroid dienone is 1. The first-order valence-corrected chi connectivity index (χ1v) is 12.1. The third-order valence-electron chi connectivity index (χ3n) is 4.76. The molecule has 4 heterocycles. The van der Waals surface area contributed by atoms with Gasteiger partial charge in [0, 0.05) is 23.0 Å². The molecule has 0 aliphatic carbocycles. The molecular weight excluding hydrogens is 498 g/mol. The van der Waals surface area contributed by atoms with Crippen molar-refractivity contribution < 1.29 is 28.9 Å². The van der Waals surface area contributed by atoms with Gasteiger partial charge in [-0.15, -0.1) is 11.8 Å². The van der Waals surface area contributed by atoms with Crippen LogP contribution in [0.4, 0.5) is 6.01 Å². The zero-order chi connectivity index (χ0) is 24.9. The number of carbonyl (C=O) groups is 3. The molecule has 13 nitrogen and oxygen atoms in total. The zero-order valence-electron chi connectivity index (χ0n) is 18.2. The Morgan fingerprint density at radius 3 is 2.89 bits per heavy atom. The van der Waals surface area contributed by atoms with Crippen LogP contribution in [0.2, 0.25) is 0 Å². The number of hydrogen-bond donors (Lipinski definition) is 3. The molecule has 1 saturated heterocycles. The number of nitrogens with two attached hydrogens (primary N) is 1. The number of hydrogen-bond acceptors (Lipinski definition) is 12. The van der Waals surface area contributed by atoms with E-state index in [2.05, 4.69) is 30.1 Å². The van der Waals surface area contributed by atoms with E-state index in [1.165, 1.54) is 28.4 Å². The van der Waals surface area contributed by atoms with Gasteiger partial charge in [0.05, 0.1) is 0 Å². The lowest BCUT2D eigenvalue weighted by Crippen LogP contribution is -2.71.